The van der Waals surface area contributed by atoms with Crippen molar-refractivity contribution >= 4 is 5.91 Å². The van der Waals surface area contributed by atoms with Gasteiger partial charge in [0, 0.05) is 6.04 Å². The minimum Gasteiger partial charge on any atom is -0.484 e. The highest BCUT2D eigenvalue weighted by Crippen LogP contribution is 2.18. The van der Waals surface area contributed by atoms with Gasteiger partial charge in [0.15, 0.2) is 6.61 Å². The van der Waals surface area contributed by atoms with Crippen molar-refractivity contribution < 1.29 is 22.7 Å². The maximum Gasteiger partial charge on any atom is 0.405 e. The van der Waals surface area contributed by atoms with Crippen molar-refractivity contribution in [1.82, 2.24) is 5.32 Å². The molecule has 1 rings (SSSR count). The Morgan fingerprint density at radius 3 is 2.45 bits per heavy atom. The van der Waals surface area contributed by atoms with E-state index < -0.39 is 25.2 Å². The number of nitrogens with one attached hydrogen (secondary N) is 1. The van der Waals surface area contributed by atoms with Crippen LogP contribution in [0.4, 0.5) is 13.2 Å². The molecule has 3 N–H and O–H groups in total. The van der Waals surface area contributed by atoms with Gasteiger partial charge in [-0.1, -0.05) is 19.1 Å². The quantitative estimate of drug-likeness (QED) is 0.843. The number of carbonyl (C=O) groups is 1. The minimum absolute atomic E-state index is 0.0702. The highest BCUT2D eigenvalue weighted by molar-refractivity contribution is 5.77. The zero-order valence-electron chi connectivity index (χ0n) is 11.0. The number of nitrogens with two attached hydrogens (primary N) is 1. The molecule has 0 aromatic heterocycles. The summed E-state index contributed by atoms with van der Waals surface area (Å²) >= 11 is 0. The number of carbonyl (C=O) groups excluding carboxylic acids is 1. The Balaban J connectivity index is 2.40. The molecule has 0 radical (unpaired) electrons. The number of hydrogen-bond donors (Lipinski definition) is 2. The van der Waals surface area contributed by atoms with Crippen molar-refractivity contribution in [1.29, 1.82) is 0 Å². The van der Waals surface area contributed by atoms with E-state index in [0.29, 0.717) is 5.75 Å². The number of rotatable bonds is 6. The van der Waals surface area contributed by atoms with E-state index in [0.717, 1.165) is 12.0 Å². The molecular formula is C13H17F3N2O2. The molecule has 0 spiro atoms. The lowest BCUT2D eigenvalue weighted by Crippen LogP contribution is -2.36. The first-order chi connectivity index (χ1) is 9.31. The highest BCUT2D eigenvalue weighted by atomic mass is 19.4. The first-order valence-electron chi connectivity index (χ1n) is 6.13. The molecule has 0 bridgehead atoms. The zero-order valence-corrected chi connectivity index (χ0v) is 11.0. The third-order valence-electron chi connectivity index (χ3n) is 2.60. The van der Waals surface area contributed by atoms with Crippen LogP contribution in [0, 0.1) is 0 Å². The molecule has 0 saturated heterocycles. The molecule has 0 saturated carbocycles. The first-order valence-corrected chi connectivity index (χ1v) is 6.13. The summed E-state index contributed by atoms with van der Waals surface area (Å²) in [7, 11) is 0. The summed E-state index contributed by atoms with van der Waals surface area (Å²) in [6.45, 7) is 0.134. The predicted molar refractivity (Wildman–Crippen MR) is 68.2 cm³/mol. The Morgan fingerprint density at radius 2 is 1.95 bits per heavy atom. The average molecular weight is 290 g/mol. The third-order valence-corrected chi connectivity index (χ3v) is 2.60. The van der Waals surface area contributed by atoms with Gasteiger partial charge in [-0.25, -0.2) is 0 Å². The molecule has 20 heavy (non-hydrogen) atoms. The monoisotopic (exact) mass is 290 g/mol. The van der Waals surface area contributed by atoms with Crippen molar-refractivity contribution in [2.45, 2.75) is 25.6 Å². The van der Waals surface area contributed by atoms with E-state index in [1.54, 1.807) is 29.6 Å². The fraction of sp³-hybridized carbons (Fsp3) is 0.462. The number of hydrogen-bond acceptors (Lipinski definition) is 3. The second kappa shape index (κ2) is 7.14. The van der Waals surface area contributed by atoms with Gasteiger partial charge in [-0.2, -0.15) is 13.2 Å². The lowest BCUT2D eigenvalue weighted by molar-refractivity contribution is -0.139. The maximum absolute atomic E-state index is 11.9. The van der Waals surface area contributed by atoms with Gasteiger partial charge in [0.25, 0.3) is 5.91 Å². The Kier molecular flexibility index (Phi) is 5.82. The molecule has 0 fully saturated rings. The predicted octanol–water partition coefficient (Wildman–Crippen LogP) is 2.15. The van der Waals surface area contributed by atoms with Gasteiger partial charge in [0.1, 0.15) is 12.3 Å². The molecule has 0 aliphatic carbocycles. The number of benzene rings is 1. The Labute approximate surface area is 115 Å². The highest BCUT2D eigenvalue weighted by Gasteiger charge is 2.27. The van der Waals surface area contributed by atoms with Gasteiger partial charge >= 0.3 is 6.18 Å². The molecule has 4 nitrogen and oxygen atoms in total. The number of ether oxygens (including phenoxy) is 1. The topological polar surface area (TPSA) is 64.3 Å². The molecule has 0 aliphatic rings. The van der Waals surface area contributed by atoms with Crippen LogP contribution in [-0.2, 0) is 4.79 Å². The van der Waals surface area contributed by atoms with E-state index in [2.05, 4.69) is 0 Å². The van der Waals surface area contributed by atoms with Crippen molar-refractivity contribution in [2.24, 2.45) is 5.73 Å². The summed E-state index contributed by atoms with van der Waals surface area (Å²) in [5, 5.41) is 1.72. The van der Waals surface area contributed by atoms with Crippen LogP contribution < -0.4 is 15.8 Å². The fourth-order valence-corrected chi connectivity index (χ4v) is 1.45. The van der Waals surface area contributed by atoms with E-state index in [1.807, 2.05) is 6.92 Å². The largest absolute Gasteiger partial charge is 0.484 e. The fourth-order valence-electron chi connectivity index (χ4n) is 1.45. The van der Waals surface area contributed by atoms with Crippen LogP contribution in [0.5, 0.6) is 5.75 Å². The minimum atomic E-state index is -4.42. The normalized spacial score (nSPS) is 12.8. The lowest BCUT2D eigenvalue weighted by Gasteiger charge is -2.11. The van der Waals surface area contributed by atoms with Gasteiger partial charge in [-0.15, -0.1) is 0 Å². The van der Waals surface area contributed by atoms with Gasteiger partial charge in [-0.05, 0) is 24.1 Å². The lowest BCUT2D eigenvalue weighted by atomic mass is 10.1. The van der Waals surface area contributed by atoms with Crippen LogP contribution in [0.3, 0.4) is 0 Å². The molecule has 1 aromatic rings. The standard InChI is InChI=1S/C13H17F3N2O2/c1-2-11(17)9-3-5-10(6-4-9)20-7-12(19)18-8-13(14,15)16/h3-6,11H,2,7-8,17H2,1H3,(H,18,19)/t11-/m1/s1. The molecule has 1 aromatic carbocycles. The number of amides is 1. The van der Waals surface area contributed by atoms with E-state index in [-0.39, 0.29) is 6.04 Å². The summed E-state index contributed by atoms with van der Waals surface area (Å²) in [6, 6.07) is 6.71. The summed E-state index contributed by atoms with van der Waals surface area (Å²) in [4.78, 5) is 11.1. The molecule has 1 amide bonds. The summed E-state index contributed by atoms with van der Waals surface area (Å²) in [5.41, 5.74) is 6.77. The summed E-state index contributed by atoms with van der Waals surface area (Å²) < 4.78 is 40.7. The van der Waals surface area contributed by atoms with Crippen LogP contribution in [-0.4, -0.2) is 25.2 Å². The third kappa shape index (κ3) is 5.92. The molecule has 0 aliphatic heterocycles. The Morgan fingerprint density at radius 1 is 1.35 bits per heavy atom. The van der Waals surface area contributed by atoms with E-state index in [9.17, 15) is 18.0 Å². The number of halogens is 3. The van der Waals surface area contributed by atoms with Crippen molar-refractivity contribution in [3.8, 4) is 5.75 Å². The van der Waals surface area contributed by atoms with Gasteiger partial charge in [-0.3, -0.25) is 4.79 Å². The van der Waals surface area contributed by atoms with E-state index in [4.69, 9.17) is 10.5 Å². The van der Waals surface area contributed by atoms with Crippen LogP contribution in [0.15, 0.2) is 24.3 Å². The second-order valence-electron chi connectivity index (χ2n) is 4.26. The first kappa shape index (κ1) is 16.3. The summed E-state index contributed by atoms with van der Waals surface area (Å²) in [6.07, 6.45) is -3.63. The van der Waals surface area contributed by atoms with Crippen LogP contribution in [0.25, 0.3) is 0 Å². The molecule has 0 unspecified atom stereocenters. The SMILES string of the molecule is CC[C@@H](N)c1ccc(OCC(=O)NCC(F)(F)F)cc1. The average Bonchev–Trinajstić information content (AvgIpc) is 2.41. The van der Waals surface area contributed by atoms with Crippen molar-refractivity contribution in [3.05, 3.63) is 29.8 Å². The molecular weight excluding hydrogens is 273 g/mol. The smallest absolute Gasteiger partial charge is 0.405 e. The Bertz CT molecular complexity index is 432. The molecule has 112 valence electrons. The maximum atomic E-state index is 11.9. The second-order valence-corrected chi connectivity index (χ2v) is 4.26. The van der Waals surface area contributed by atoms with Crippen LogP contribution in [0.2, 0.25) is 0 Å². The molecule has 1 atom stereocenters. The van der Waals surface area contributed by atoms with Gasteiger partial charge in [0.2, 0.25) is 0 Å². The summed E-state index contributed by atoms with van der Waals surface area (Å²) in [5.74, 6) is -0.420. The zero-order chi connectivity index (χ0) is 15.2. The van der Waals surface area contributed by atoms with E-state index in [1.165, 1.54) is 0 Å². The van der Waals surface area contributed by atoms with Crippen molar-refractivity contribution in [2.75, 3.05) is 13.2 Å². The molecule has 0 heterocycles. The van der Waals surface area contributed by atoms with Gasteiger partial charge in [0.05, 0.1) is 0 Å². The van der Waals surface area contributed by atoms with E-state index >= 15 is 0 Å². The number of alkyl halides is 3. The van der Waals surface area contributed by atoms with Gasteiger partial charge < -0.3 is 15.8 Å². The van der Waals surface area contributed by atoms with Crippen LogP contribution >= 0.6 is 0 Å². The van der Waals surface area contributed by atoms with Crippen LogP contribution in [0.1, 0.15) is 24.9 Å². The Hall–Kier alpha value is -1.76. The van der Waals surface area contributed by atoms with Crippen molar-refractivity contribution in [3.63, 3.8) is 0 Å². The molecule has 7 heteroatoms.